The normalized spacial score (nSPS) is 10.9. The van der Waals surface area contributed by atoms with Gasteiger partial charge in [0.1, 0.15) is 5.75 Å². The zero-order valence-corrected chi connectivity index (χ0v) is 13.3. The van der Waals surface area contributed by atoms with E-state index in [4.69, 9.17) is 9.47 Å². The maximum absolute atomic E-state index is 11.8. The Hall–Kier alpha value is -2.70. The standard InChI is InChI=1S/C16H20N4O3/c1-3-11-20-15(17-18-19-20)12-23-16(21)10-9-13-7-5-6-8-14(13)22-4-2/h5-10H,3-4,11-12H2,1-2H3/b10-9+. The Morgan fingerprint density at radius 2 is 2.13 bits per heavy atom. The fraction of sp³-hybridized carbons (Fsp3) is 0.375. The third kappa shape index (κ3) is 4.91. The molecule has 0 aliphatic rings. The number of rotatable bonds is 8. The summed E-state index contributed by atoms with van der Waals surface area (Å²) >= 11 is 0. The van der Waals surface area contributed by atoms with Gasteiger partial charge in [-0.2, -0.15) is 0 Å². The second kappa shape index (κ2) is 8.67. The lowest BCUT2D eigenvalue weighted by molar-refractivity contribution is -0.139. The molecule has 0 radical (unpaired) electrons. The molecule has 0 unspecified atom stereocenters. The topological polar surface area (TPSA) is 79.1 Å². The van der Waals surface area contributed by atoms with Gasteiger partial charge in [-0.25, -0.2) is 9.48 Å². The smallest absolute Gasteiger partial charge is 0.331 e. The summed E-state index contributed by atoms with van der Waals surface area (Å²) in [6, 6.07) is 7.49. The van der Waals surface area contributed by atoms with Crippen LogP contribution in [0.2, 0.25) is 0 Å². The van der Waals surface area contributed by atoms with Crippen molar-refractivity contribution in [2.24, 2.45) is 0 Å². The van der Waals surface area contributed by atoms with Crippen LogP contribution in [0.4, 0.5) is 0 Å². The SMILES string of the molecule is CCCn1nnnc1COC(=O)/C=C/c1ccccc1OCC. The predicted molar refractivity (Wildman–Crippen MR) is 84.5 cm³/mol. The van der Waals surface area contributed by atoms with Gasteiger partial charge < -0.3 is 9.47 Å². The van der Waals surface area contributed by atoms with Gasteiger partial charge in [0.15, 0.2) is 12.4 Å². The van der Waals surface area contributed by atoms with Crippen LogP contribution in [0.1, 0.15) is 31.7 Å². The van der Waals surface area contributed by atoms with E-state index in [-0.39, 0.29) is 6.61 Å². The quantitative estimate of drug-likeness (QED) is 0.549. The zero-order chi connectivity index (χ0) is 16.5. The summed E-state index contributed by atoms with van der Waals surface area (Å²) in [6.07, 6.45) is 3.94. The van der Waals surface area contributed by atoms with Gasteiger partial charge in [-0.3, -0.25) is 0 Å². The monoisotopic (exact) mass is 316 g/mol. The van der Waals surface area contributed by atoms with Crippen molar-refractivity contribution in [1.29, 1.82) is 0 Å². The van der Waals surface area contributed by atoms with E-state index in [1.54, 1.807) is 10.8 Å². The van der Waals surface area contributed by atoms with E-state index < -0.39 is 5.97 Å². The Balaban J connectivity index is 1.93. The molecule has 0 fully saturated rings. The van der Waals surface area contributed by atoms with E-state index in [1.165, 1.54) is 6.08 Å². The summed E-state index contributed by atoms with van der Waals surface area (Å²) in [5.41, 5.74) is 0.821. The third-order valence-corrected chi connectivity index (χ3v) is 3.00. The van der Waals surface area contributed by atoms with Gasteiger partial charge in [0, 0.05) is 18.2 Å². The van der Waals surface area contributed by atoms with Gasteiger partial charge >= 0.3 is 5.97 Å². The molecular formula is C16H20N4O3. The fourth-order valence-corrected chi connectivity index (χ4v) is 1.96. The Kier molecular flexibility index (Phi) is 6.28. The van der Waals surface area contributed by atoms with E-state index >= 15 is 0 Å². The van der Waals surface area contributed by atoms with E-state index in [0.29, 0.717) is 19.0 Å². The van der Waals surface area contributed by atoms with Crippen LogP contribution in [-0.4, -0.2) is 32.8 Å². The Morgan fingerprint density at radius 1 is 1.30 bits per heavy atom. The molecule has 1 heterocycles. The number of hydrogen-bond acceptors (Lipinski definition) is 6. The molecule has 0 spiro atoms. The summed E-state index contributed by atoms with van der Waals surface area (Å²) in [5.74, 6) is 0.802. The van der Waals surface area contributed by atoms with Crippen LogP contribution < -0.4 is 4.74 Å². The number of nitrogens with zero attached hydrogens (tertiary/aromatic N) is 4. The Labute approximate surface area is 134 Å². The lowest BCUT2D eigenvalue weighted by atomic mass is 10.2. The minimum Gasteiger partial charge on any atom is -0.493 e. The lowest BCUT2D eigenvalue weighted by Gasteiger charge is -2.06. The van der Waals surface area contributed by atoms with Crippen molar-refractivity contribution in [2.45, 2.75) is 33.4 Å². The maximum atomic E-state index is 11.8. The van der Waals surface area contributed by atoms with Gasteiger partial charge in [0.25, 0.3) is 0 Å². The van der Waals surface area contributed by atoms with Crippen LogP contribution in [0.5, 0.6) is 5.75 Å². The Bertz CT molecular complexity index is 667. The summed E-state index contributed by atoms with van der Waals surface area (Å²) in [5, 5.41) is 11.3. The molecule has 0 amide bonds. The van der Waals surface area contributed by atoms with Crippen molar-refractivity contribution < 1.29 is 14.3 Å². The van der Waals surface area contributed by atoms with Gasteiger partial charge in [0.05, 0.1) is 6.61 Å². The first kappa shape index (κ1) is 16.7. The zero-order valence-electron chi connectivity index (χ0n) is 13.3. The predicted octanol–water partition coefficient (Wildman–Crippen LogP) is 2.24. The Morgan fingerprint density at radius 3 is 2.91 bits per heavy atom. The molecule has 1 aromatic heterocycles. The molecule has 0 aliphatic carbocycles. The molecule has 23 heavy (non-hydrogen) atoms. The molecule has 2 aromatic rings. The van der Waals surface area contributed by atoms with Crippen molar-refractivity contribution in [3.63, 3.8) is 0 Å². The molecule has 0 aliphatic heterocycles. The van der Waals surface area contributed by atoms with Gasteiger partial charge in [-0.05, 0) is 35.9 Å². The van der Waals surface area contributed by atoms with Crippen LogP contribution in [0.25, 0.3) is 6.08 Å². The number of benzene rings is 1. The number of para-hydroxylation sites is 1. The van der Waals surface area contributed by atoms with Crippen molar-refractivity contribution in [3.05, 3.63) is 41.7 Å². The number of aromatic nitrogens is 4. The van der Waals surface area contributed by atoms with Crippen molar-refractivity contribution in [3.8, 4) is 5.75 Å². The minimum atomic E-state index is -0.456. The highest BCUT2D eigenvalue weighted by Gasteiger charge is 2.07. The van der Waals surface area contributed by atoms with Crippen LogP contribution in [0.3, 0.4) is 0 Å². The summed E-state index contributed by atoms with van der Waals surface area (Å²) in [6.45, 7) is 5.24. The second-order valence-corrected chi connectivity index (χ2v) is 4.73. The molecule has 7 nitrogen and oxygen atoms in total. The summed E-state index contributed by atoms with van der Waals surface area (Å²) < 4.78 is 12.3. The molecule has 0 N–H and O–H groups in total. The first-order chi connectivity index (χ1) is 11.2. The first-order valence-electron chi connectivity index (χ1n) is 7.56. The maximum Gasteiger partial charge on any atom is 0.331 e. The highest BCUT2D eigenvalue weighted by Crippen LogP contribution is 2.19. The van der Waals surface area contributed by atoms with Crippen molar-refractivity contribution >= 4 is 12.0 Å². The van der Waals surface area contributed by atoms with Gasteiger partial charge in [-0.1, -0.05) is 25.1 Å². The molecule has 122 valence electrons. The molecule has 0 saturated heterocycles. The number of aryl methyl sites for hydroxylation is 1. The summed E-state index contributed by atoms with van der Waals surface area (Å²) in [7, 11) is 0. The van der Waals surface area contributed by atoms with E-state index in [2.05, 4.69) is 15.5 Å². The molecule has 0 bridgehead atoms. The highest BCUT2D eigenvalue weighted by molar-refractivity contribution is 5.87. The second-order valence-electron chi connectivity index (χ2n) is 4.73. The number of esters is 1. The third-order valence-electron chi connectivity index (χ3n) is 3.00. The van der Waals surface area contributed by atoms with Crippen LogP contribution in [0, 0.1) is 0 Å². The highest BCUT2D eigenvalue weighted by atomic mass is 16.5. The number of tetrazole rings is 1. The molecule has 7 heteroatoms. The van der Waals surface area contributed by atoms with Crippen molar-refractivity contribution in [2.75, 3.05) is 6.61 Å². The summed E-state index contributed by atoms with van der Waals surface area (Å²) in [4.78, 5) is 11.8. The number of carbonyl (C=O) groups excluding carboxylic acids is 1. The molecule has 2 rings (SSSR count). The molecular weight excluding hydrogens is 296 g/mol. The molecule has 0 atom stereocenters. The number of hydrogen-bond donors (Lipinski definition) is 0. The minimum absolute atomic E-state index is 0.0449. The van der Waals surface area contributed by atoms with E-state index in [9.17, 15) is 4.79 Å². The number of ether oxygens (including phenoxy) is 2. The van der Waals surface area contributed by atoms with E-state index in [0.717, 1.165) is 17.7 Å². The van der Waals surface area contributed by atoms with Gasteiger partial charge in [-0.15, -0.1) is 5.10 Å². The first-order valence-corrected chi connectivity index (χ1v) is 7.56. The van der Waals surface area contributed by atoms with E-state index in [1.807, 2.05) is 38.1 Å². The van der Waals surface area contributed by atoms with Crippen LogP contribution in [-0.2, 0) is 22.7 Å². The average Bonchev–Trinajstić information content (AvgIpc) is 3.00. The lowest BCUT2D eigenvalue weighted by Crippen LogP contribution is -2.09. The number of carbonyl (C=O) groups is 1. The average molecular weight is 316 g/mol. The van der Waals surface area contributed by atoms with Crippen LogP contribution >= 0.6 is 0 Å². The van der Waals surface area contributed by atoms with Gasteiger partial charge in [0.2, 0.25) is 0 Å². The molecule has 0 saturated carbocycles. The van der Waals surface area contributed by atoms with Crippen molar-refractivity contribution in [1.82, 2.24) is 20.2 Å². The molecule has 1 aromatic carbocycles. The fourth-order valence-electron chi connectivity index (χ4n) is 1.96. The van der Waals surface area contributed by atoms with Crippen LogP contribution in [0.15, 0.2) is 30.3 Å². The largest absolute Gasteiger partial charge is 0.493 e.